The number of imidazole rings is 1. The normalized spacial score (nSPS) is 24.9. The number of carboxylic acid groups (broad SMARTS) is 1. The number of carbonyl (C=O) groups is 2. The van der Waals surface area contributed by atoms with Crippen molar-refractivity contribution in [3.8, 4) is 0 Å². The second-order valence-electron chi connectivity index (χ2n) is 6.63. The highest BCUT2D eigenvalue weighted by Gasteiger charge is 2.43. The molecular weight excluding hydrogens is 308 g/mol. The van der Waals surface area contributed by atoms with Crippen LogP contribution in [-0.4, -0.2) is 45.1 Å². The molecule has 0 unspecified atom stereocenters. The van der Waals surface area contributed by atoms with Gasteiger partial charge < -0.3 is 15.4 Å². The van der Waals surface area contributed by atoms with Gasteiger partial charge in [-0.3, -0.25) is 14.9 Å². The molecule has 134 valence electrons. The molecule has 7 heteroatoms. The van der Waals surface area contributed by atoms with Crippen LogP contribution in [0.5, 0.6) is 0 Å². The average Bonchev–Trinajstić information content (AvgIpc) is 3.19. The fraction of sp³-hybridized carbons (Fsp3) is 0.706. The van der Waals surface area contributed by atoms with Crippen molar-refractivity contribution in [2.45, 2.75) is 70.5 Å². The van der Waals surface area contributed by atoms with Gasteiger partial charge in [-0.15, -0.1) is 0 Å². The monoisotopic (exact) mass is 336 g/mol. The highest BCUT2D eigenvalue weighted by molar-refractivity contribution is 5.75. The quantitative estimate of drug-likeness (QED) is 0.577. The van der Waals surface area contributed by atoms with Crippen LogP contribution < -0.4 is 10.6 Å². The first-order valence-corrected chi connectivity index (χ1v) is 8.71. The maximum absolute atomic E-state index is 11.7. The molecule has 24 heavy (non-hydrogen) atoms. The molecule has 1 saturated heterocycles. The van der Waals surface area contributed by atoms with Crippen molar-refractivity contribution in [3.63, 3.8) is 0 Å². The Kier molecular flexibility index (Phi) is 6.36. The fourth-order valence-corrected chi connectivity index (χ4v) is 3.69. The van der Waals surface area contributed by atoms with E-state index in [1.807, 2.05) is 0 Å². The summed E-state index contributed by atoms with van der Waals surface area (Å²) >= 11 is 0. The van der Waals surface area contributed by atoms with E-state index in [4.69, 9.17) is 0 Å². The Bertz CT molecular complexity index is 542. The van der Waals surface area contributed by atoms with Gasteiger partial charge in [-0.25, -0.2) is 4.98 Å². The second kappa shape index (κ2) is 8.28. The molecule has 1 aromatic heterocycles. The van der Waals surface area contributed by atoms with Crippen LogP contribution in [0.2, 0.25) is 0 Å². The van der Waals surface area contributed by atoms with E-state index >= 15 is 0 Å². The molecule has 1 amide bonds. The van der Waals surface area contributed by atoms with Crippen LogP contribution in [0.3, 0.4) is 0 Å². The Hall–Kier alpha value is -1.89. The zero-order valence-electron chi connectivity index (χ0n) is 14.6. The minimum Gasteiger partial charge on any atom is -0.480 e. The minimum absolute atomic E-state index is 0.0627. The van der Waals surface area contributed by atoms with Gasteiger partial charge in [-0.05, 0) is 18.8 Å². The predicted octanol–water partition coefficient (Wildman–Crippen LogP) is 1.64. The molecule has 0 aromatic carbocycles. The third-order valence-electron chi connectivity index (χ3n) is 5.05. The van der Waals surface area contributed by atoms with Crippen molar-refractivity contribution < 1.29 is 14.7 Å². The molecule has 0 spiro atoms. The van der Waals surface area contributed by atoms with Gasteiger partial charge >= 0.3 is 5.97 Å². The van der Waals surface area contributed by atoms with Crippen molar-refractivity contribution in [3.05, 3.63) is 18.2 Å². The summed E-state index contributed by atoms with van der Waals surface area (Å²) in [6, 6.07) is -0.892. The van der Waals surface area contributed by atoms with Crippen LogP contribution in [0.15, 0.2) is 12.4 Å². The molecule has 4 atom stereocenters. The first-order chi connectivity index (χ1) is 11.5. The van der Waals surface area contributed by atoms with Gasteiger partial charge in [-0.2, -0.15) is 0 Å². The number of carbonyl (C=O) groups excluding carboxylic acids is 1. The van der Waals surface area contributed by atoms with E-state index in [2.05, 4.69) is 34.4 Å². The summed E-state index contributed by atoms with van der Waals surface area (Å²) in [6.07, 6.45) is 6.78. The standard InChI is InChI=1S/C17H28N4O3/c1-4-11(5-2)8-13(20-10(3)22)15-12(16-18-6-7-19-16)9-14(21-15)17(23)24/h6-7,11-15,21H,4-5,8-9H2,1-3H3,(H,18,19)(H,20,22)(H,23,24)/t12-,13+,14-,15-/m1/s1. The Labute approximate surface area is 142 Å². The molecule has 4 N–H and O–H groups in total. The SMILES string of the molecule is CCC(CC)C[C@H](NC(C)=O)[C@@H]1N[C@@H](C(=O)O)C[C@H]1c1ncc[nH]1. The molecule has 0 bridgehead atoms. The van der Waals surface area contributed by atoms with Gasteiger partial charge in [0, 0.05) is 37.3 Å². The topological polar surface area (TPSA) is 107 Å². The fourth-order valence-electron chi connectivity index (χ4n) is 3.69. The third-order valence-corrected chi connectivity index (χ3v) is 5.05. The molecule has 0 saturated carbocycles. The molecule has 7 nitrogen and oxygen atoms in total. The van der Waals surface area contributed by atoms with Crippen molar-refractivity contribution in [1.82, 2.24) is 20.6 Å². The van der Waals surface area contributed by atoms with E-state index in [0.29, 0.717) is 12.3 Å². The Morgan fingerprint density at radius 2 is 2.12 bits per heavy atom. The molecule has 2 heterocycles. The zero-order valence-corrected chi connectivity index (χ0v) is 14.6. The molecule has 0 aliphatic carbocycles. The predicted molar refractivity (Wildman–Crippen MR) is 90.6 cm³/mol. The van der Waals surface area contributed by atoms with Crippen molar-refractivity contribution in [1.29, 1.82) is 0 Å². The first-order valence-electron chi connectivity index (χ1n) is 8.71. The van der Waals surface area contributed by atoms with Crippen LogP contribution >= 0.6 is 0 Å². The average molecular weight is 336 g/mol. The van der Waals surface area contributed by atoms with Crippen LogP contribution in [0.1, 0.15) is 58.2 Å². The molecule has 1 aromatic rings. The number of aromatic amines is 1. The van der Waals surface area contributed by atoms with E-state index in [1.54, 1.807) is 12.4 Å². The van der Waals surface area contributed by atoms with Gasteiger partial charge in [0.1, 0.15) is 11.9 Å². The summed E-state index contributed by atoms with van der Waals surface area (Å²) in [4.78, 5) is 30.6. The first kappa shape index (κ1) is 18.4. The van der Waals surface area contributed by atoms with Gasteiger partial charge in [-0.1, -0.05) is 26.7 Å². The van der Waals surface area contributed by atoms with Gasteiger partial charge in [0.15, 0.2) is 0 Å². The molecule has 2 rings (SSSR count). The van der Waals surface area contributed by atoms with E-state index in [0.717, 1.165) is 25.1 Å². The van der Waals surface area contributed by atoms with Gasteiger partial charge in [0.05, 0.1) is 0 Å². The zero-order chi connectivity index (χ0) is 17.7. The number of nitrogens with one attached hydrogen (secondary N) is 3. The van der Waals surface area contributed by atoms with Crippen LogP contribution in [-0.2, 0) is 9.59 Å². The number of H-pyrrole nitrogens is 1. The summed E-state index contributed by atoms with van der Waals surface area (Å²) < 4.78 is 0. The van der Waals surface area contributed by atoms with Gasteiger partial charge in [0.25, 0.3) is 0 Å². The Balaban J connectivity index is 2.25. The lowest BCUT2D eigenvalue weighted by Gasteiger charge is -2.31. The van der Waals surface area contributed by atoms with Crippen LogP contribution in [0.25, 0.3) is 0 Å². The lowest BCUT2D eigenvalue weighted by Crippen LogP contribution is -2.51. The van der Waals surface area contributed by atoms with Crippen molar-refractivity contribution >= 4 is 11.9 Å². The lowest BCUT2D eigenvalue weighted by atomic mass is 9.85. The number of nitrogens with zero attached hydrogens (tertiary/aromatic N) is 1. The maximum atomic E-state index is 11.7. The highest BCUT2D eigenvalue weighted by atomic mass is 16.4. The summed E-state index contributed by atoms with van der Waals surface area (Å²) in [7, 11) is 0. The second-order valence-corrected chi connectivity index (χ2v) is 6.63. The summed E-state index contributed by atoms with van der Waals surface area (Å²) in [6.45, 7) is 5.79. The Morgan fingerprint density at radius 1 is 1.42 bits per heavy atom. The molecular formula is C17H28N4O3. The van der Waals surface area contributed by atoms with E-state index in [1.165, 1.54) is 6.92 Å². The molecule has 0 radical (unpaired) electrons. The summed E-state index contributed by atoms with van der Waals surface area (Å²) in [5.74, 6) is 0.246. The number of aliphatic carboxylic acids is 1. The number of rotatable bonds is 8. The number of hydrogen-bond donors (Lipinski definition) is 4. The molecule has 1 fully saturated rings. The lowest BCUT2D eigenvalue weighted by molar-refractivity contribution is -0.139. The van der Waals surface area contributed by atoms with Crippen LogP contribution in [0, 0.1) is 5.92 Å². The van der Waals surface area contributed by atoms with E-state index in [-0.39, 0.29) is 23.9 Å². The Morgan fingerprint density at radius 3 is 2.62 bits per heavy atom. The smallest absolute Gasteiger partial charge is 0.320 e. The van der Waals surface area contributed by atoms with Crippen molar-refractivity contribution in [2.75, 3.05) is 0 Å². The number of aromatic nitrogens is 2. The van der Waals surface area contributed by atoms with Gasteiger partial charge in [0.2, 0.25) is 5.91 Å². The summed E-state index contributed by atoms with van der Waals surface area (Å²) in [5.41, 5.74) is 0. The number of carboxylic acids is 1. The van der Waals surface area contributed by atoms with Crippen LogP contribution in [0.4, 0.5) is 0 Å². The summed E-state index contributed by atoms with van der Waals surface area (Å²) in [5, 5.41) is 15.7. The van der Waals surface area contributed by atoms with E-state index < -0.39 is 12.0 Å². The van der Waals surface area contributed by atoms with E-state index in [9.17, 15) is 14.7 Å². The molecule has 1 aliphatic rings. The third kappa shape index (κ3) is 4.35. The minimum atomic E-state index is -0.863. The molecule has 1 aliphatic heterocycles. The van der Waals surface area contributed by atoms with Crippen molar-refractivity contribution in [2.24, 2.45) is 5.92 Å². The maximum Gasteiger partial charge on any atom is 0.320 e. The highest BCUT2D eigenvalue weighted by Crippen LogP contribution is 2.33. The number of hydrogen-bond acceptors (Lipinski definition) is 4. The largest absolute Gasteiger partial charge is 0.480 e. The number of amides is 1.